The zero-order valence-electron chi connectivity index (χ0n) is 20.0. The lowest BCUT2D eigenvalue weighted by Crippen LogP contribution is -1.95. The third kappa shape index (κ3) is 26.4. The van der Waals surface area contributed by atoms with Crippen molar-refractivity contribution in [2.24, 2.45) is 0 Å². The highest BCUT2D eigenvalue weighted by Gasteiger charge is 1.98. The second-order valence-corrected chi connectivity index (χ2v) is 8.37. The molecule has 0 aliphatic carbocycles. The molecule has 0 aliphatic rings. The summed E-state index contributed by atoms with van der Waals surface area (Å²) in [4.78, 5) is 20.2. The van der Waals surface area contributed by atoms with Gasteiger partial charge in [-0.2, -0.15) is 0 Å². The van der Waals surface area contributed by atoms with Crippen LogP contribution in [0.1, 0.15) is 130 Å². The van der Waals surface area contributed by atoms with E-state index >= 15 is 0 Å². The van der Waals surface area contributed by atoms with E-state index in [4.69, 9.17) is 10.2 Å². The van der Waals surface area contributed by atoms with E-state index in [-0.39, 0.29) is 5.57 Å². The van der Waals surface area contributed by atoms with Gasteiger partial charge in [-0.1, -0.05) is 116 Å². The van der Waals surface area contributed by atoms with Crippen LogP contribution in [0.5, 0.6) is 0 Å². The van der Waals surface area contributed by atoms with Crippen LogP contribution in [-0.2, 0) is 9.59 Å². The molecule has 4 heteroatoms. The Balaban J connectivity index is 0. The number of carboxylic acids is 2. The number of carboxylic acid groups (broad SMARTS) is 2. The average molecular weight is 425 g/mol. The molecule has 0 rings (SSSR count). The molecule has 0 aromatic heterocycles. The Kier molecular flexibility index (Phi) is 24.2. The molecule has 0 spiro atoms. The summed E-state index contributed by atoms with van der Waals surface area (Å²) in [7, 11) is 0. The molecule has 0 saturated carbocycles. The van der Waals surface area contributed by atoms with Gasteiger partial charge in [0.05, 0.1) is 0 Å². The van der Waals surface area contributed by atoms with Crippen molar-refractivity contribution < 1.29 is 19.8 Å². The van der Waals surface area contributed by atoms with Crippen LogP contribution < -0.4 is 0 Å². The summed E-state index contributed by atoms with van der Waals surface area (Å²) >= 11 is 0. The van der Waals surface area contributed by atoms with Crippen molar-refractivity contribution in [3.05, 3.63) is 23.8 Å². The lowest BCUT2D eigenvalue weighted by atomic mass is 10.0. The van der Waals surface area contributed by atoms with Crippen LogP contribution in [0.3, 0.4) is 0 Å². The minimum absolute atomic E-state index is 0.176. The SMILES string of the molecule is C=C(C)C(=O)O.CCCCCCCCCCCCCCCCCC/C=C(\C)C(=O)O. The number of hydrogen-bond acceptors (Lipinski definition) is 2. The maximum absolute atomic E-state index is 10.6. The smallest absolute Gasteiger partial charge is 0.330 e. The van der Waals surface area contributed by atoms with Gasteiger partial charge in [0.25, 0.3) is 0 Å². The van der Waals surface area contributed by atoms with Gasteiger partial charge in [0.15, 0.2) is 0 Å². The largest absolute Gasteiger partial charge is 0.478 e. The Morgan fingerprint density at radius 2 is 0.933 bits per heavy atom. The van der Waals surface area contributed by atoms with E-state index in [1.54, 1.807) is 6.92 Å². The summed E-state index contributed by atoms with van der Waals surface area (Å²) in [6.07, 6.45) is 24.8. The third-order valence-corrected chi connectivity index (χ3v) is 5.21. The Morgan fingerprint density at radius 3 is 1.20 bits per heavy atom. The molecule has 30 heavy (non-hydrogen) atoms. The number of allylic oxidation sites excluding steroid dienone is 1. The number of aliphatic carboxylic acids is 2. The summed E-state index contributed by atoms with van der Waals surface area (Å²) in [5, 5.41) is 16.6. The maximum Gasteiger partial charge on any atom is 0.330 e. The Morgan fingerprint density at radius 1 is 0.633 bits per heavy atom. The molecule has 0 unspecified atom stereocenters. The topological polar surface area (TPSA) is 74.6 Å². The zero-order chi connectivity index (χ0) is 23.0. The lowest BCUT2D eigenvalue weighted by molar-refractivity contribution is -0.133. The van der Waals surface area contributed by atoms with Crippen molar-refractivity contribution in [2.75, 3.05) is 0 Å². The van der Waals surface area contributed by atoms with Crippen LogP contribution in [0, 0.1) is 0 Å². The standard InChI is InChI=1S/C22H42O2.C4H6O2/c1-3-4-5-6-7-8-9-10-11-12-13-14-15-16-17-18-19-20-21(2)22(23)24;1-3(2)4(5)6/h20H,3-19H2,1-2H3,(H,23,24);1H2,2H3,(H,5,6)/b21-20+;. The molecule has 0 fully saturated rings. The number of carbonyl (C=O) groups is 2. The van der Waals surface area contributed by atoms with Crippen molar-refractivity contribution in [3.63, 3.8) is 0 Å². The predicted octanol–water partition coefficient (Wildman–Crippen LogP) is 8.32. The minimum atomic E-state index is -0.935. The van der Waals surface area contributed by atoms with Crippen molar-refractivity contribution in [1.29, 1.82) is 0 Å². The van der Waals surface area contributed by atoms with Gasteiger partial charge in [-0.05, 0) is 26.7 Å². The Bertz CT molecular complexity index is 454. The van der Waals surface area contributed by atoms with E-state index in [2.05, 4.69) is 13.5 Å². The molecule has 0 aromatic rings. The highest BCUT2D eigenvalue weighted by molar-refractivity contribution is 5.85. The molecule has 2 N–H and O–H groups in total. The second-order valence-electron chi connectivity index (χ2n) is 8.37. The quantitative estimate of drug-likeness (QED) is 0.161. The lowest BCUT2D eigenvalue weighted by Gasteiger charge is -2.03. The first-order valence-corrected chi connectivity index (χ1v) is 12.1. The molecular weight excluding hydrogens is 376 g/mol. The van der Waals surface area contributed by atoms with E-state index < -0.39 is 11.9 Å². The molecular formula is C26H48O4. The normalized spacial score (nSPS) is 11.0. The third-order valence-electron chi connectivity index (χ3n) is 5.21. The summed E-state index contributed by atoms with van der Waals surface area (Å²) < 4.78 is 0. The van der Waals surface area contributed by atoms with E-state index in [1.165, 1.54) is 103 Å². The molecule has 0 radical (unpaired) electrons. The van der Waals surface area contributed by atoms with Gasteiger partial charge in [0, 0.05) is 11.1 Å². The first-order valence-electron chi connectivity index (χ1n) is 12.1. The number of unbranched alkanes of at least 4 members (excludes halogenated alkanes) is 16. The highest BCUT2D eigenvalue weighted by atomic mass is 16.4. The maximum atomic E-state index is 10.6. The Hall–Kier alpha value is -1.58. The van der Waals surface area contributed by atoms with E-state index in [9.17, 15) is 9.59 Å². The summed E-state index contributed by atoms with van der Waals surface area (Å²) in [5.41, 5.74) is 0.658. The molecule has 0 bridgehead atoms. The van der Waals surface area contributed by atoms with Gasteiger partial charge in [0.1, 0.15) is 0 Å². The molecule has 0 amide bonds. The molecule has 0 heterocycles. The minimum Gasteiger partial charge on any atom is -0.478 e. The Labute approximate surface area is 185 Å². The van der Waals surface area contributed by atoms with Crippen molar-refractivity contribution in [3.8, 4) is 0 Å². The molecule has 0 aliphatic heterocycles. The van der Waals surface area contributed by atoms with Crippen molar-refractivity contribution in [2.45, 2.75) is 130 Å². The average Bonchev–Trinajstić information content (AvgIpc) is 2.70. The van der Waals surface area contributed by atoms with Gasteiger partial charge in [-0.3, -0.25) is 0 Å². The van der Waals surface area contributed by atoms with Gasteiger partial charge in [0.2, 0.25) is 0 Å². The number of rotatable bonds is 19. The summed E-state index contributed by atoms with van der Waals surface area (Å²) in [6, 6.07) is 0. The monoisotopic (exact) mass is 424 g/mol. The fraction of sp³-hybridized carbons (Fsp3) is 0.769. The first-order chi connectivity index (χ1) is 14.3. The summed E-state index contributed by atoms with van der Waals surface area (Å²) in [6.45, 7) is 8.56. The van der Waals surface area contributed by atoms with Crippen LogP contribution >= 0.6 is 0 Å². The van der Waals surface area contributed by atoms with E-state index in [1.807, 2.05) is 6.08 Å². The van der Waals surface area contributed by atoms with Crippen molar-refractivity contribution in [1.82, 2.24) is 0 Å². The van der Waals surface area contributed by atoms with Gasteiger partial charge < -0.3 is 10.2 Å². The van der Waals surface area contributed by atoms with E-state index in [0.717, 1.165) is 12.8 Å². The molecule has 0 atom stereocenters. The van der Waals surface area contributed by atoms with Crippen molar-refractivity contribution >= 4 is 11.9 Å². The number of hydrogen-bond donors (Lipinski definition) is 2. The first kappa shape index (κ1) is 30.6. The van der Waals surface area contributed by atoms with Gasteiger partial charge >= 0.3 is 11.9 Å². The molecule has 4 nitrogen and oxygen atoms in total. The van der Waals surface area contributed by atoms with E-state index in [0.29, 0.717) is 5.57 Å². The van der Waals surface area contributed by atoms with Crippen LogP contribution in [-0.4, -0.2) is 22.2 Å². The fourth-order valence-corrected chi connectivity index (χ4v) is 3.10. The molecule has 176 valence electrons. The zero-order valence-corrected chi connectivity index (χ0v) is 20.0. The van der Waals surface area contributed by atoms with Crippen LogP contribution in [0.15, 0.2) is 23.8 Å². The molecule has 0 saturated heterocycles. The van der Waals surface area contributed by atoms with Crippen LogP contribution in [0.2, 0.25) is 0 Å². The van der Waals surface area contributed by atoms with Crippen LogP contribution in [0.4, 0.5) is 0 Å². The highest BCUT2D eigenvalue weighted by Crippen LogP contribution is 2.14. The van der Waals surface area contributed by atoms with Gasteiger partial charge in [-0.25, -0.2) is 9.59 Å². The summed E-state index contributed by atoms with van der Waals surface area (Å²) in [5.74, 6) is -1.72. The predicted molar refractivity (Wildman–Crippen MR) is 128 cm³/mol. The van der Waals surface area contributed by atoms with Gasteiger partial charge in [-0.15, -0.1) is 0 Å². The fourth-order valence-electron chi connectivity index (χ4n) is 3.10. The second kappa shape index (κ2) is 23.7. The molecule has 0 aromatic carbocycles. The van der Waals surface area contributed by atoms with Crippen LogP contribution in [0.25, 0.3) is 0 Å².